The Hall–Kier alpha value is -3.79. The molecule has 3 aromatic rings. The smallest absolute Gasteiger partial charge is 0.406 e. The van der Waals surface area contributed by atoms with Crippen molar-refractivity contribution in [3.05, 3.63) is 94.3 Å². The van der Waals surface area contributed by atoms with Gasteiger partial charge >= 0.3 is 6.36 Å². The summed E-state index contributed by atoms with van der Waals surface area (Å²) in [7, 11) is 0. The molecule has 0 saturated carbocycles. The average molecular weight is 422 g/mol. The molecule has 0 bridgehead atoms. The van der Waals surface area contributed by atoms with Gasteiger partial charge in [0.25, 0.3) is 5.91 Å². The minimum atomic E-state index is -4.73. The van der Waals surface area contributed by atoms with Gasteiger partial charge in [-0.2, -0.15) is 0 Å². The second-order valence-corrected chi connectivity index (χ2v) is 7.15. The van der Waals surface area contributed by atoms with Gasteiger partial charge in [0.15, 0.2) is 0 Å². The molecule has 0 N–H and O–H groups in total. The molecule has 0 atom stereocenters. The van der Waals surface area contributed by atoms with Gasteiger partial charge in [0.2, 0.25) is 0 Å². The third-order valence-corrected chi connectivity index (χ3v) is 4.81. The number of benzene rings is 2. The zero-order valence-electron chi connectivity index (χ0n) is 16.5. The van der Waals surface area contributed by atoms with Gasteiger partial charge in [0.1, 0.15) is 11.4 Å². The monoisotopic (exact) mass is 422 g/mol. The van der Waals surface area contributed by atoms with Gasteiger partial charge in [0.05, 0.1) is 0 Å². The standard InChI is InChI=1S/C24H17F3N2O2/c1-16-12-18(5-8-20-4-2-3-11-28-20)13-19-15-29(23(30)22(16)19)14-17-6-9-21(10-7-17)31-24(25,26)27/h2-4,6-7,9-13H,14-15H2,1H3. The summed E-state index contributed by atoms with van der Waals surface area (Å²) in [5.41, 5.74) is 4.54. The zero-order chi connectivity index (χ0) is 22.0. The lowest BCUT2D eigenvalue weighted by molar-refractivity contribution is -0.274. The Morgan fingerprint density at radius 2 is 1.87 bits per heavy atom. The van der Waals surface area contributed by atoms with Gasteiger partial charge in [-0.1, -0.05) is 24.1 Å². The van der Waals surface area contributed by atoms with Crippen molar-refractivity contribution < 1.29 is 22.7 Å². The van der Waals surface area contributed by atoms with Crippen LogP contribution in [0.2, 0.25) is 0 Å². The van der Waals surface area contributed by atoms with Gasteiger partial charge in [-0.05, 0) is 65.9 Å². The summed E-state index contributed by atoms with van der Waals surface area (Å²) < 4.78 is 40.8. The highest BCUT2D eigenvalue weighted by atomic mass is 19.4. The van der Waals surface area contributed by atoms with Crippen LogP contribution in [0, 0.1) is 18.8 Å². The van der Waals surface area contributed by atoms with E-state index < -0.39 is 6.36 Å². The molecule has 1 aliphatic heterocycles. The summed E-state index contributed by atoms with van der Waals surface area (Å²) in [5.74, 6) is 5.70. The molecule has 0 saturated heterocycles. The predicted octanol–water partition coefficient (Wildman–Crippen LogP) is 4.84. The Bertz CT molecular complexity index is 1180. The van der Waals surface area contributed by atoms with E-state index >= 15 is 0 Å². The van der Waals surface area contributed by atoms with Crippen LogP contribution in [-0.4, -0.2) is 22.2 Å². The fourth-order valence-corrected chi connectivity index (χ4v) is 3.52. The van der Waals surface area contributed by atoms with E-state index in [-0.39, 0.29) is 18.2 Å². The highest BCUT2D eigenvalue weighted by Crippen LogP contribution is 2.29. The molecule has 1 aromatic heterocycles. The maximum atomic E-state index is 12.9. The molecule has 31 heavy (non-hydrogen) atoms. The molecule has 0 unspecified atom stereocenters. The Balaban J connectivity index is 1.50. The molecule has 7 heteroatoms. The van der Waals surface area contributed by atoms with Crippen molar-refractivity contribution in [2.75, 3.05) is 0 Å². The lowest BCUT2D eigenvalue weighted by atomic mass is 10.0. The Morgan fingerprint density at radius 3 is 2.55 bits per heavy atom. The largest absolute Gasteiger partial charge is 0.573 e. The highest BCUT2D eigenvalue weighted by molar-refractivity contribution is 6.00. The van der Waals surface area contributed by atoms with E-state index in [2.05, 4.69) is 21.6 Å². The number of nitrogens with zero attached hydrogens (tertiary/aromatic N) is 2. The van der Waals surface area contributed by atoms with Crippen molar-refractivity contribution in [1.29, 1.82) is 0 Å². The highest BCUT2D eigenvalue weighted by Gasteiger charge is 2.31. The van der Waals surface area contributed by atoms with Crippen molar-refractivity contribution in [3.63, 3.8) is 0 Å². The minimum Gasteiger partial charge on any atom is -0.406 e. The van der Waals surface area contributed by atoms with Crippen molar-refractivity contribution >= 4 is 5.91 Å². The molecule has 1 aliphatic rings. The van der Waals surface area contributed by atoms with Gasteiger partial charge in [-0.25, -0.2) is 4.98 Å². The minimum absolute atomic E-state index is 0.104. The number of aryl methyl sites for hydroxylation is 1. The number of pyridine rings is 1. The van der Waals surface area contributed by atoms with Crippen LogP contribution in [0.25, 0.3) is 0 Å². The molecule has 2 heterocycles. The molecule has 0 spiro atoms. The summed E-state index contributed by atoms with van der Waals surface area (Å²) in [6.45, 7) is 2.57. The second-order valence-electron chi connectivity index (χ2n) is 7.15. The van der Waals surface area contributed by atoms with Crippen LogP contribution >= 0.6 is 0 Å². The van der Waals surface area contributed by atoms with E-state index in [0.717, 1.165) is 16.7 Å². The third kappa shape index (κ3) is 4.86. The lowest BCUT2D eigenvalue weighted by Gasteiger charge is -2.16. The molecule has 0 radical (unpaired) electrons. The predicted molar refractivity (Wildman–Crippen MR) is 108 cm³/mol. The lowest BCUT2D eigenvalue weighted by Crippen LogP contribution is -2.23. The quantitative estimate of drug-likeness (QED) is 0.567. The number of alkyl halides is 3. The Kier molecular flexibility index (Phi) is 5.38. The van der Waals surface area contributed by atoms with E-state index in [1.54, 1.807) is 11.1 Å². The molecule has 4 rings (SSSR count). The number of carbonyl (C=O) groups is 1. The van der Waals surface area contributed by atoms with Crippen LogP contribution in [0.5, 0.6) is 5.75 Å². The van der Waals surface area contributed by atoms with Crippen LogP contribution in [-0.2, 0) is 13.1 Å². The maximum Gasteiger partial charge on any atom is 0.573 e. The molecule has 2 aromatic carbocycles. The molecule has 0 aliphatic carbocycles. The van der Waals surface area contributed by atoms with E-state index in [4.69, 9.17) is 0 Å². The molecular weight excluding hydrogens is 405 g/mol. The number of carbonyl (C=O) groups excluding carboxylic acids is 1. The second kappa shape index (κ2) is 8.15. The molecule has 4 nitrogen and oxygen atoms in total. The number of halogens is 3. The van der Waals surface area contributed by atoms with Crippen LogP contribution < -0.4 is 4.74 Å². The number of fused-ring (bicyclic) bond motifs is 1. The molecule has 1 amide bonds. The van der Waals surface area contributed by atoms with Crippen molar-refractivity contribution in [3.8, 4) is 17.6 Å². The summed E-state index contributed by atoms with van der Waals surface area (Å²) in [6.07, 6.45) is -3.06. The number of aromatic nitrogens is 1. The topological polar surface area (TPSA) is 42.4 Å². The first-order valence-electron chi connectivity index (χ1n) is 9.49. The number of amides is 1. The summed E-state index contributed by atoms with van der Waals surface area (Å²) in [4.78, 5) is 18.7. The van der Waals surface area contributed by atoms with Crippen molar-refractivity contribution in [2.24, 2.45) is 0 Å². The van der Waals surface area contributed by atoms with E-state index in [1.165, 1.54) is 24.3 Å². The maximum absolute atomic E-state index is 12.9. The van der Waals surface area contributed by atoms with Gasteiger partial charge < -0.3 is 9.64 Å². The van der Waals surface area contributed by atoms with Crippen LogP contribution in [0.15, 0.2) is 60.8 Å². The number of hydrogen-bond acceptors (Lipinski definition) is 3. The molecule has 156 valence electrons. The van der Waals surface area contributed by atoms with Gasteiger partial charge in [0, 0.05) is 30.4 Å². The van der Waals surface area contributed by atoms with Crippen molar-refractivity contribution in [1.82, 2.24) is 9.88 Å². The van der Waals surface area contributed by atoms with Crippen LogP contribution in [0.3, 0.4) is 0 Å². The number of ether oxygens (including phenoxy) is 1. The summed E-state index contributed by atoms with van der Waals surface area (Å²) in [5, 5.41) is 0. The first kappa shape index (κ1) is 20.5. The van der Waals surface area contributed by atoms with E-state index in [1.807, 2.05) is 37.3 Å². The molecule has 0 fully saturated rings. The fraction of sp³-hybridized carbons (Fsp3) is 0.167. The average Bonchev–Trinajstić information content (AvgIpc) is 3.03. The van der Waals surface area contributed by atoms with Crippen molar-refractivity contribution in [2.45, 2.75) is 26.4 Å². The van der Waals surface area contributed by atoms with Crippen LogP contribution in [0.1, 0.15) is 38.3 Å². The van der Waals surface area contributed by atoms with Gasteiger partial charge in [-0.15, -0.1) is 13.2 Å². The first-order valence-corrected chi connectivity index (χ1v) is 9.49. The van der Waals surface area contributed by atoms with E-state index in [9.17, 15) is 18.0 Å². The summed E-state index contributed by atoms with van der Waals surface area (Å²) in [6, 6.07) is 14.8. The Morgan fingerprint density at radius 1 is 1.10 bits per heavy atom. The van der Waals surface area contributed by atoms with Crippen LogP contribution in [0.4, 0.5) is 13.2 Å². The SMILES string of the molecule is Cc1cc(C#Cc2ccccn2)cc2c1C(=O)N(Cc1ccc(OC(F)(F)F)cc1)C2. The Labute approximate surface area is 177 Å². The third-order valence-electron chi connectivity index (χ3n) is 4.81. The summed E-state index contributed by atoms with van der Waals surface area (Å²) >= 11 is 0. The fourth-order valence-electron chi connectivity index (χ4n) is 3.52. The van der Waals surface area contributed by atoms with E-state index in [0.29, 0.717) is 23.4 Å². The normalized spacial score (nSPS) is 12.9. The first-order chi connectivity index (χ1) is 14.8. The number of hydrogen-bond donors (Lipinski definition) is 0. The zero-order valence-corrected chi connectivity index (χ0v) is 16.5. The van der Waals surface area contributed by atoms with Gasteiger partial charge in [-0.3, -0.25) is 4.79 Å². The number of rotatable bonds is 3. The molecular formula is C24H17F3N2O2.